The Morgan fingerprint density at radius 1 is 1.41 bits per heavy atom. The lowest BCUT2D eigenvalue weighted by Gasteiger charge is -2.06. The molecule has 0 spiro atoms. The molecule has 6 heteroatoms. The number of aromatic carboxylic acids is 1. The van der Waals surface area contributed by atoms with Crippen molar-refractivity contribution >= 4 is 16.9 Å². The fourth-order valence-corrected chi connectivity index (χ4v) is 1.49. The number of benzene rings is 1. The van der Waals surface area contributed by atoms with Crippen molar-refractivity contribution in [1.29, 1.82) is 0 Å². The molecule has 4 nitrogen and oxygen atoms in total. The molecule has 0 saturated carbocycles. The van der Waals surface area contributed by atoms with E-state index < -0.39 is 17.6 Å². The lowest BCUT2D eigenvalue weighted by atomic mass is 10.1. The summed E-state index contributed by atoms with van der Waals surface area (Å²) in [7, 11) is 1.26. The van der Waals surface area contributed by atoms with E-state index in [4.69, 9.17) is 9.84 Å². The smallest absolute Gasteiger partial charge is 0.336 e. The second-order valence-electron chi connectivity index (χ2n) is 3.27. The first-order valence-electron chi connectivity index (χ1n) is 4.60. The molecule has 0 amide bonds. The minimum Gasteiger partial charge on any atom is -0.481 e. The second-order valence-corrected chi connectivity index (χ2v) is 3.27. The Bertz CT molecular complexity index is 613. The number of carbonyl (C=O) groups is 1. The molecule has 0 atom stereocenters. The van der Waals surface area contributed by atoms with Crippen LogP contribution in [0.15, 0.2) is 18.2 Å². The molecule has 0 radical (unpaired) electrons. The number of fused-ring (bicyclic) bond motifs is 1. The first-order valence-corrected chi connectivity index (χ1v) is 4.60. The summed E-state index contributed by atoms with van der Waals surface area (Å²) in [6, 6.07) is 3.18. The molecule has 0 aliphatic heterocycles. The average molecular weight is 239 g/mol. The van der Waals surface area contributed by atoms with Crippen LogP contribution in [0.2, 0.25) is 0 Å². The molecular formula is C11H7F2NO3. The molecule has 1 aromatic carbocycles. The number of nitrogens with zero attached hydrogens (tertiary/aromatic N) is 1. The number of halogens is 2. The molecule has 2 rings (SSSR count). The SMILES string of the molecule is COc1cc(C(=O)O)c2ccc(F)c(F)c2n1. The highest BCUT2D eigenvalue weighted by atomic mass is 19.2. The third-order valence-electron chi connectivity index (χ3n) is 2.29. The average Bonchev–Trinajstić information content (AvgIpc) is 2.32. The van der Waals surface area contributed by atoms with Gasteiger partial charge in [0.15, 0.2) is 11.6 Å². The Balaban J connectivity index is 2.90. The van der Waals surface area contributed by atoms with Gasteiger partial charge in [-0.1, -0.05) is 0 Å². The van der Waals surface area contributed by atoms with Gasteiger partial charge in [-0.2, -0.15) is 0 Å². The van der Waals surface area contributed by atoms with Crippen molar-refractivity contribution < 1.29 is 23.4 Å². The minimum absolute atomic E-state index is 0.0252. The molecule has 1 N–H and O–H groups in total. The molecule has 0 aliphatic carbocycles. The van der Waals surface area contributed by atoms with Crippen molar-refractivity contribution in [2.75, 3.05) is 7.11 Å². The molecule has 0 saturated heterocycles. The van der Waals surface area contributed by atoms with Gasteiger partial charge >= 0.3 is 5.97 Å². The van der Waals surface area contributed by atoms with Crippen LogP contribution in [0.3, 0.4) is 0 Å². The van der Waals surface area contributed by atoms with Gasteiger partial charge in [-0.05, 0) is 12.1 Å². The molecule has 0 fully saturated rings. The molecule has 88 valence electrons. The van der Waals surface area contributed by atoms with Gasteiger partial charge in [0.2, 0.25) is 5.88 Å². The van der Waals surface area contributed by atoms with Gasteiger partial charge in [0, 0.05) is 11.5 Å². The number of pyridine rings is 1. The fourth-order valence-electron chi connectivity index (χ4n) is 1.49. The fraction of sp³-hybridized carbons (Fsp3) is 0.0909. The maximum atomic E-state index is 13.5. The van der Waals surface area contributed by atoms with Crippen LogP contribution in [0.1, 0.15) is 10.4 Å². The lowest BCUT2D eigenvalue weighted by molar-refractivity contribution is 0.0698. The van der Waals surface area contributed by atoms with E-state index in [0.29, 0.717) is 0 Å². The van der Waals surface area contributed by atoms with Gasteiger partial charge in [-0.3, -0.25) is 0 Å². The Kier molecular flexibility index (Phi) is 2.63. The van der Waals surface area contributed by atoms with Gasteiger partial charge in [0.25, 0.3) is 0 Å². The van der Waals surface area contributed by atoms with E-state index in [2.05, 4.69) is 4.98 Å². The first-order chi connectivity index (χ1) is 8.04. The van der Waals surface area contributed by atoms with Crippen molar-refractivity contribution in [2.24, 2.45) is 0 Å². The van der Waals surface area contributed by atoms with Crippen LogP contribution in [0.25, 0.3) is 10.9 Å². The summed E-state index contributed by atoms with van der Waals surface area (Å²) >= 11 is 0. The zero-order chi connectivity index (χ0) is 12.6. The number of aromatic nitrogens is 1. The van der Waals surface area contributed by atoms with Crippen LogP contribution >= 0.6 is 0 Å². The van der Waals surface area contributed by atoms with Gasteiger partial charge in [-0.15, -0.1) is 0 Å². The summed E-state index contributed by atoms with van der Waals surface area (Å²) in [6.45, 7) is 0. The Labute approximate surface area is 94.5 Å². The van der Waals surface area contributed by atoms with Gasteiger partial charge in [0.05, 0.1) is 12.7 Å². The van der Waals surface area contributed by atoms with Crippen LogP contribution in [0, 0.1) is 11.6 Å². The predicted molar refractivity (Wildman–Crippen MR) is 55.2 cm³/mol. The van der Waals surface area contributed by atoms with E-state index in [1.165, 1.54) is 13.2 Å². The summed E-state index contributed by atoms with van der Waals surface area (Å²) < 4.78 is 31.2. The first kappa shape index (κ1) is 11.3. The highest BCUT2D eigenvalue weighted by Crippen LogP contribution is 2.25. The Morgan fingerprint density at radius 2 is 2.12 bits per heavy atom. The summed E-state index contributed by atoms with van der Waals surface area (Å²) in [6.07, 6.45) is 0. The standard InChI is InChI=1S/C11H7F2NO3/c1-17-8-4-6(11(15)16)5-2-3-7(12)9(13)10(5)14-8/h2-4H,1H3,(H,15,16). The highest BCUT2D eigenvalue weighted by molar-refractivity contribution is 6.02. The zero-order valence-corrected chi connectivity index (χ0v) is 8.70. The zero-order valence-electron chi connectivity index (χ0n) is 8.70. The topological polar surface area (TPSA) is 59.4 Å². The van der Waals surface area contributed by atoms with Crippen molar-refractivity contribution in [1.82, 2.24) is 4.98 Å². The van der Waals surface area contributed by atoms with Gasteiger partial charge in [-0.25, -0.2) is 18.6 Å². The largest absolute Gasteiger partial charge is 0.481 e. The van der Waals surface area contributed by atoms with Crippen LogP contribution in [-0.4, -0.2) is 23.2 Å². The van der Waals surface area contributed by atoms with Crippen molar-refractivity contribution in [3.63, 3.8) is 0 Å². The quantitative estimate of drug-likeness (QED) is 0.872. The summed E-state index contributed by atoms with van der Waals surface area (Å²) in [5, 5.41) is 8.99. The molecule has 0 aliphatic rings. The number of carboxylic acids is 1. The molecule has 0 bridgehead atoms. The van der Waals surface area contributed by atoms with E-state index in [9.17, 15) is 13.6 Å². The molecule has 1 heterocycles. The van der Waals surface area contributed by atoms with Crippen LogP contribution < -0.4 is 4.74 Å². The van der Waals surface area contributed by atoms with Crippen LogP contribution in [0.5, 0.6) is 5.88 Å². The Hall–Kier alpha value is -2.24. The van der Waals surface area contributed by atoms with Gasteiger partial charge < -0.3 is 9.84 Å². The van der Waals surface area contributed by atoms with Crippen LogP contribution in [-0.2, 0) is 0 Å². The normalized spacial score (nSPS) is 10.5. The summed E-state index contributed by atoms with van der Waals surface area (Å²) in [4.78, 5) is 14.7. The van der Waals surface area contributed by atoms with Crippen molar-refractivity contribution in [2.45, 2.75) is 0 Å². The van der Waals surface area contributed by atoms with Crippen LogP contribution in [0.4, 0.5) is 8.78 Å². The number of carboxylic acid groups (broad SMARTS) is 1. The van der Waals surface area contributed by atoms with E-state index in [1.807, 2.05) is 0 Å². The third kappa shape index (κ3) is 1.77. The minimum atomic E-state index is -1.26. The molecule has 1 aromatic heterocycles. The molecule has 0 unspecified atom stereocenters. The lowest BCUT2D eigenvalue weighted by Crippen LogP contribution is -2.02. The summed E-state index contributed by atoms with van der Waals surface area (Å²) in [5.74, 6) is -3.63. The number of methoxy groups -OCH3 is 1. The van der Waals surface area contributed by atoms with E-state index in [1.54, 1.807) is 0 Å². The van der Waals surface area contributed by atoms with Crippen molar-refractivity contribution in [3.8, 4) is 5.88 Å². The number of hydrogen-bond acceptors (Lipinski definition) is 3. The molecular weight excluding hydrogens is 232 g/mol. The van der Waals surface area contributed by atoms with E-state index in [-0.39, 0.29) is 22.3 Å². The Morgan fingerprint density at radius 3 is 2.71 bits per heavy atom. The van der Waals surface area contributed by atoms with E-state index >= 15 is 0 Å². The molecule has 2 aromatic rings. The summed E-state index contributed by atoms with van der Waals surface area (Å²) in [5.41, 5.74) is -0.549. The monoisotopic (exact) mass is 239 g/mol. The van der Waals surface area contributed by atoms with Crippen molar-refractivity contribution in [3.05, 3.63) is 35.4 Å². The number of rotatable bonds is 2. The highest BCUT2D eigenvalue weighted by Gasteiger charge is 2.17. The molecule has 17 heavy (non-hydrogen) atoms. The third-order valence-corrected chi connectivity index (χ3v) is 2.29. The van der Waals surface area contributed by atoms with Gasteiger partial charge in [0.1, 0.15) is 5.52 Å². The predicted octanol–water partition coefficient (Wildman–Crippen LogP) is 2.22. The number of hydrogen-bond donors (Lipinski definition) is 1. The number of ether oxygens (including phenoxy) is 1. The van der Waals surface area contributed by atoms with E-state index in [0.717, 1.165) is 12.1 Å². The maximum absolute atomic E-state index is 13.5. The maximum Gasteiger partial charge on any atom is 0.336 e. The second kappa shape index (κ2) is 3.97.